The van der Waals surface area contributed by atoms with Gasteiger partial charge in [0.2, 0.25) is 0 Å². The molecule has 0 aliphatic carbocycles. The maximum atomic E-state index is 11.4. The fourth-order valence-corrected chi connectivity index (χ4v) is 2.53. The summed E-state index contributed by atoms with van der Waals surface area (Å²) in [7, 11) is 3.15. The SMILES string of the molecule is CNc1nc(-c2cncnc2)c(/C(C)=C/C(=O)OC)s1. The van der Waals surface area contributed by atoms with E-state index in [1.165, 1.54) is 30.8 Å². The lowest BCUT2D eigenvalue weighted by Gasteiger charge is -2.01. The second-order valence-electron chi connectivity index (χ2n) is 3.92. The van der Waals surface area contributed by atoms with Crippen molar-refractivity contribution in [2.24, 2.45) is 0 Å². The quantitative estimate of drug-likeness (QED) is 0.687. The number of carbonyl (C=O) groups excluding carboxylic acids is 1. The average Bonchev–Trinajstić information content (AvgIpc) is 2.92. The van der Waals surface area contributed by atoms with Crippen LogP contribution in [-0.4, -0.2) is 35.1 Å². The Labute approximate surface area is 120 Å². The van der Waals surface area contributed by atoms with Crippen LogP contribution < -0.4 is 5.32 Å². The van der Waals surface area contributed by atoms with E-state index in [2.05, 4.69) is 25.0 Å². The van der Waals surface area contributed by atoms with Gasteiger partial charge in [-0.05, 0) is 12.5 Å². The zero-order valence-electron chi connectivity index (χ0n) is 11.4. The minimum atomic E-state index is -0.392. The van der Waals surface area contributed by atoms with Crippen LogP contribution in [0.3, 0.4) is 0 Å². The van der Waals surface area contributed by atoms with E-state index in [1.54, 1.807) is 19.4 Å². The minimum absolute atomic E-state index is 0.392. The van der Waals surface area contributed by atoms with E-state index >= 15 is 0 Å². The molecule has 20 heavy (non-hydrogen) atoms. The van der Waals surface area contributed by atoms with Gasteiger partial charge in [-0.2, -0.15) is 0 Å². The molecule has 2 aromatic rings. The Hall–Kier alpha value is -2.28. The molecule has 0 fully saturated rings. The Morgan fingerprint density at radius 2 is 2.10 bits per heavy atom. The third-order valence-electron chi connectivity index (χ3n) is 2.57. The molecule has 7 heteroatoms. The molecule has 0 spiro atoms. The topological polar surface area (TPSA) is 77.0 Å². The number of methoxy groups -OCH3 is 1. The maximum Gasteiger partial charge on any atom is 0.330 e. The Kier molecular flexibility index (Phi) is 4.41. The number of hydrogen-bond acceptors (Lipinski definition) is 7. The number of allylic oxidation sites excluding steroid dienone is 1. The van der Waals surface area contributed by atoms with Crippen LogP contribution in [0.2, 0.25) is 0 Å². The molecule has 0 unspecified atom stereocenters. The molecular formula is C13H14N4O2S. The second-order valence-corrected chi connectivity index (χ2v) is 4.92. The van der Waals surface area contributed by atoms with Crippen molar-refractivity contribution >= 4 is 28.0 Å². The molecule has 0 amide bonds. The number of ether oxygens (including phenoxy) is 1. The van der Waals surface area contributed by atoms with Gasteiger partial charge in [-0.3, -0.25) is 0 Å². The molecule has 2 heterocycles. The number of nitrogens with one attached hydrogen (secondary N) is 1. The molecule has 104 valence electrons. The van der Waals surface area contributed by atoms with Crippen LogP contribution in [0.4, 0.5) is 5.13 Å². The van der Waals surface area contributed by atoms with Crippen molar-refractivity contribution in [3.63, 3.8) is 0 Å². The van der Waals surface area contributed by atoms with E-state index in [-0.39, 0.29) is 0 Å². The van der Waals surface area contributed by atoms with Crippen molar-refractivity contribution in [1.82, 2.24) is 15.0 Å². The summed E-state index contributed by atoms with van der Waals surface area (Å²) in [5.41, 5.74) is 2.34. The van der Waals surface area contributed by atoms with Gasteiger partial charge in [-0.15, -0.1) is 0 Å². The highest BCUT2D eigenvalue weighted by Gasteiger charge is 2.15. The van der Waals surface area contributed by atoms with Crippen LogP contribution in [0, 0.1) is 0 Å². The predicted molar refractivity (Wildman–Crippen MR) is 78.4 cm³/mol. The average molecular weight is 290 g/mol. The highest BCUT2D eigenvalue weighted by Crippen LogP contribution is 2.35. The second kappa shape index (κ2) is 6.25. The van der Waals surface area contributed by atoms with Gasteiger partial charge in [-0.25, -0.2) is 19.7 Å². The van der Waals surface area contributed by atoms with Gasteiger partial charge < -0.3 is 10.1 Å². The Morgan fingerprint density at radius 1 is 1.40 bits per heavy atom. The van der Waals surface area contributed by atoms with Crippen molar-refractivity contribution in [3.8, 4) is 11.3 Å². The molecular weight excluding hydrogens is 276 g/mol. The number of aromatic nitrogens is 3. The summed E-state index contributed by atoms with van der Waals surface area (Å²) < 4.78 is 4.65. The largest absolute Gasteiger partial charge is 0.466 e. The monoisotopic (exact) mass is 290 g/mol. The minimum Gasteiger partial charge on any atom is -0.466 e. The van der Waals surface area contributed by atoms with E-state index in [9.17, 15) is 4.79 Å². The molecule has 0 aromatic carbocycles. The fourth-order valence-electron chi connectivity index (χ4n) is 1.61. The van der Waals surface area contributed by atoms with Crippen molar-refractivity contribution in [3.05, 3.63) is 29.7 Å². The zero-order valence-corrected chi connectivity index (χ0v) is 12.2. The lowest BCUT2D eigenvalue weighted by molar-refractivity contribution is -0.134. The number of nitrogens with zero attached hydrogens (tertiary/aromatic N) is 3. The van der Waals surface area contributed by atoms with Crippen molar-refractivity contribution in [2.75, 3.05) is 19.5 Å². The first-order chi connectivity index (χ1) is 9.65. The molecule has 0 saturated carbocycles. The van der Waals surface area contributed by atoms with Crippen molar-refractivity contribution < 1.29 is 9.53 Å². The van der Waals surface area contributed by atoms with Gasteiger partial charge in [-0.1, -0.05) is 11.3 Å². The highest BCUT2D eigenvalue weighted by molar-refractivity contribution is 7.17. The molecule has 2 rings (SSSR count). The summed E-state index contributed by atoms with van der Waals surface area (Å²) in [5, 5.41) is 3.76. The third kappa shape index (κ3) is 3.00. The standard InChI is InChI=1S/C13H14N4O2S/c1-8(4-10(18)19-3)12-11(17-13(14-2)20-12)9-5-15-7-16-6-9/h4-7H,1-3H3,(H,14,17)/b8-4+. The molecule has 1 N–H and O–H groups in total. The molecule has 6 nitrogen and oxygen atoms in total. The summed E-state index contributed by atoms with van der Waals surface area (Å²) in [6.07, 6.45) is 6.29. The predicted octanol–water partition coefficient (Wildman–Crippen LogP) is 2.22. The van der Waals surface area contributed by atoms with Gasteiger partial charge in [0, 0.05) is 31.1 Å². The maximum absolute atomic E-state index is 11.4. The number of carbonyl (C=O) groups is 1. The number of rotatable bonds is 4. The molecule has 0 aliphatic rings. The summed E-state index contributed by atoms with van der Waals surface area (Å²) in [6, 6.07) is 0. The molecule has 2 aromatic heterocycles. The first-order valence-electron chi connectivity index (χ1n) is 5.86. The van der Waals surface area contributed by atoms with E-state index in [1.807, 2.05) is 6.92 Å². The number of hydrogen-bond donors (Lipinski definition) is 1. The van der Waals surface area contributed by atoms with E-state index in [0.29, 0.717) is 0 Å². The third-order valence-corrected chi connectivity index (χ3v) is 3.78. The van der Waals surface area contributed by atoms with Gasteiger partial charge >= 0.3 is 5.97 Å². The van der Waals surface area contributed by atoms with Gasteiger partial charge in [0.1, 0.15) is 6.33 Å². The summed E-state index contributed by atoms with van der Waals surface area (Å²) in [5.74, 6) is -0.392. The van der Waals surface area contributed by atoms with Crippen LogP contribution >= 0.6 is 11.3 Å². The molecule has 0 aliphatic heterocycles. The summed E-state index contributed by atoms with van der Waals surface area (Å²) >= 11 is 1.46. The normalized spacial score (nSPS) is 11.2. The Balaban J connectivity index is 2.50. The van der Waals surface area contributed by atoms with Crippen LogP contribution in [0.5, 0.6) is 0 Å². The van der Waals surface area contributed by atoms with Gasteiger partial charge in [0.25, 0.3) is 0 Å². The van der Waals surface area contributed by atoms with E-state index in [0.717, 1.165) is 26.8 Å². The first-order valence-corrected chi connectivity index (χ1v) is 6.68. The highest BCUT2D eigenvalue weighted by atomic mass is 32.1. The molecule has 0 radical (unpaired) electrons. The summed E-state index contributed by atoms with van der Waals surface area (Å²) in [6.45, 7) is 1.84. The smallest absolute Gasteiger partial charge is 0.330 e. The molecule has 0 bridgehead atoms. The van der Waals surface area contributed by atoms with E-state index in [4.69, 9.17) is 0 Å². The van der Waals surface area contributed by atoms with Crippen LogP contribution in [0.1, 0.15) is 11.8 Å². The number of thiazole rings is 1. The van der Waals surface area contributed by atoms with Gasteiger partial charge in [0.05, 0.1) is 17.7 Å². The van der Waals surface area contributed by atoms with Crippen molar-refractivity contribution in [1.29, 1.82) is 0 Å². The Morgan fingerprint density at radius 3 is 2.70 bits per heavy atom. The van der Waals surface area contributed by atoms with Crippen molar-refractivity contribution in [2.45, 2.75) is 6.92 Å². The zero-order chi connectivity index (χ0) is 14.5. The van der Waals surface area contributed by atoms with Crippen LogP contribution in [-0.2, 0) is 9.53 Å². The first kappa shape index (κ1) is 14.1. The molecule has 0 saturated heterocycles. The number of anilines is 1. The lowest BCUT2D eigenvalue weighted by atomic mass is 10.1. The molecule has 0 atom stereocenters. The fraction of sp³-hybridized carbons (Fsp3) is 0.231. The summed E-state index contributed by atoms with van der Waals surface area (Å²) in [4.78, 5) is 24.7. The Bertz CT molecular complexity index is 637. The lowest BCUT2D eigenvalue weighted by Crippen LogP contribution is -1.95. The van der Waals surface area contributed by atoms with E-state index < -0.39 is 5.97 Å². The number of esters is 1. The van der Waals surface area contributed by atoms with Crippen LogP contribution in [0.25, 0.3) is 16.8 Å². The van der Waals surface area contributed by atoms with Crippen LogP contribution in [0.15, 0.2) is 24.8 Å². The van der Waals surface area contributed by atoms with Gasteiger partial charge in [0.15, 0.2) is 5.13 Å².